The second-order valence-electron chi connectivity index (χ2n) is 3.40. The molecule has 0 bridgehead atoms. The highest BCUT2D eigenvalue weighted by Crippen LogP contribution is 2.06. The molecular formula is C9H18BrNO. The third kappa shape index (κ3) is 5.58. The van der Waals surface area contributed by atoms with Gasteiger partial charge in [-0.25, -0.2) is 0 Å². The van der Waals surface area contributed by atoms with Crippen LogP contribution >= 0.6 is 15.9 Å². The van der Waals surface area contributed by atoms with E-state index in [2.05, 4.69) is 35.1 Å². The average molecular weight is 236 g/mol. The lowest BCUT2D eigenvalue weighted by Gasteiger charge is -2.17. The summed E-state index contributed by atoms with van der Waals surface area (Å²) in [6.07, 6.45) is 1.61. The third-order valence-electron chi connectivity index (χ3n) is 1.63. The first-order valence-electron chi connectivity index (χ1n) is 4.45. The van der Waals surface area contributed by atoms with Crippen molar-refractivity contribution < 1.29 is 4.79 Å². The highest BCUT2D eigenvalue weighted by atomic mass is 79.9. The molecule has 0 saturated heterocycles. The van der Waals surface area contributed by atoms with Gasteiger partial charge in [0.15, 0.2) is 0 Å². The lowest BCUT2D eigenvalue weighted by molar-refractivity contribution is -0.121. The van der Waals surface area contributed by atoms with Gasteiger partial charge in [0.05, 0.1) is 0 Å². The van der Waals surface area contributed by atoms with Crippen LogP contribution in [-0.4, -0.2) is 17.3 Å². The van der Waals surface area contributed by atoms with Crippen molar-refractivity contribution in [1.29, 1.82) is 0 Å². The number of carbonyl (C=O) groups is 1. The quantitative estimate of drug-likeness (QED) is 0.729. The van der Waals surface area contributed by atoms with E-state index in [0.29, 0.717) is 12.3 Å². The Morgan fingerprint density at radius 2 is 2.08 bits per heavy atom. The summed E-state index contributed by atoms with van der Waals surface area (Å²) in [5.74, 6) is 0.768. The third-order valence-corrected chi connectivity index (χ3v) is 2.41. The molecule has 0 spiro atoms. The monoisotopic (exact) mass is 235 g/mol. The van der Waals surface area contributed by atoms with Crippen LogP contribution < -0.4 is 5.32 Å². The van der Waals surface area contributed by atoms with Crippen LogP contribution in [0.1, 0.15) is 33.6 Å². The number of alkyl halides is 1. The minimum absolute atomic E-state index is 0.139. The maximum atomic E-state index is 11.0. The average Bonchev–Trinajstić information content (AvgIpc) is 2.02. The highest BCUT2D eigenvalue weighted by molar-refractivity contribution is 9.09. The molecule has 0 aromatic carbocycles. The van der Waals surface area contributed by atoms with E-state index < -0.39 is 0 Å². The molecule has 0 aliphatic heterocycles. The smallest absolute Gasteiger partial charge is 0.219 e. The maximum Gasteiger partial charge on any atom is 0.219 e. The molecule has 0 fully saturated rings. The van der Waals surface area contributed by atoms with Crippen LogP contribution in [0.15, 0.2) is 0 Å². The normalized spacial score (nSPS) is 13.1. The van der Waals surface area contributed by atoms with Gasteiger partial charge in [0, 0.05) is 17.8 Å². The first kappa shape index (κ1) is 11.9. The summed E-state index contributed by atoms with van der Waals surface area (Å²) in [5, 5.41) is 3.81. The van der Waals surface area contributed by atoms with Crippen molar-refractivity contribution in [2.24, 2.45) is 5.92 Å². The molecule has 12 heavy (non-hydrogen) atoms. The second-order valence-corrected chi connectivity index (χ2v) is 4.05. The minimum Gasteiger partial charge on any atom is -0.353 e. The van der Waals surface area contributed by atoms with Crippen molar-refractivity contribution in [2.75, 3.05) is 5.33 Å². The Kier molecular flexibility index (Phi) is 6.44. The van der Waals surface area contributed by atoms with Crippen LogP contribution in [0.5, 0.6) is 0 Å². The zero-order valence-corrected chi connectivity index (χ0v) is 9.65. The van der Waals surface area contributed by atoms with E-state index in [1.54, 1.807) is 0 Å². The van der Waals surface area contributed by atoms with Gasteiger partial charge in [0.1, 0.15) is 0 Å². The standard InChI is InChI=1S/C9H18BrNO/c1-4-9(12)11-8(6-10)5-7(2)3/h7-8H,4-6H2,1-3H3,(H,11,12). The fourth-order valence-corrected chi connectivity index (χ4v) is 1.49. The molecule has 72 valence electrons. The van der Waals surface area contributed by atoms with E-state index in [9.17, 15) is 4.79 Å². The van der Waals surface area contributed by atoms with Gasteiger partial charge in [-0.15, -0.1) is 0 Å². The number of hydrogen-bond donors (Lipinski definition) is 1. The Bertz CT molecular complexity index is 136. The molecule has 2 nitrogen and oxygen atoms in total. The molecule has 0 aliphatic rings. The number of hydrogen-bond acceptors (Lipinski definition) is 1. The Balaban J connectivity index is 3.74. The van der Waals surface area contributed by atoms with Gasteiger partial charge in [-0.2, -0.15) is 0 Å². The number of halogens is 1. The van der Waals surface area contributed by atoms with Gasteiger partial charge in [0.25, 0.3) is 0 Å². The van der Waals surface area contributed by atoms with Crippen LogP contribution in [-0.2, 0) is 4.79 Å². The summed E-state index contributed by atoms with van der Waals surface area (Å²) in [6, 6.07) is 0.289. The summed E-state index contributed by atoms with van der Waals surface area (Å²) in [4.78, 5) is 11.0. The Morgan fingerprint density at radius 3 is 2.42 bits per heavy atom. The number of nitrogens with one attached hydrogen (secondary N) is 1. The Labute approximate surface area is 83.2 Å². The van der Waals surface area contributed by atoms with Crippen molar-refractivity contribution >= 4 is 21.8 Å². The van der Waals surface area contributed by atoms with Gasteiger partial charge in [-0.1, -0.05) is 36.7 Å². The molecule has 3 heteroatoms. The molecule has 0 rings (SSSR count). The maximum absolute atomic E-state index is 11.0. The SMILES string of the molecule is CCC(=O)NC(CBr)CC(C)C. The van der Waals surface area contributed by atoms with E-state index in [4.69, 9.17) is 0 Å². The van der Waals surface area contributed by atoms with Crippen LogP contribution in [0.25, 0.3) is 0 Å². The predicted molar refractivity (Wildman–Crippen MR) is 55.5 cm³/mol. The first-order valence-corrected chi connectivity index (χ1v) is 5.57. The van der Waals surface area contributed by atoms with Gasteiger partial charge >= 0.3 is 0 Å². The molecule has 0 aromatic rings. The summed E-state index contributed by atoms with van der Waals surface area (Å²) >= 11 is 3.39. The Morgan fingerprint density at radius 1 is 1.50 bits per heavy atom. The van der Waals surface area contributed by atoms with Crippen molar-refractivity contribution in [3.05, 3.63) is 0 Å². The molecular weight excluding hydrogens is 218 g/mol. The molecule has 1 unspecified atom stereocenters. The predicted octanol–water partition coefficient (Wildman–Crippen LogP) is 2.32. The highest BCUT2D eigenvalue weighted by Gasteiger charge is 2.10. The van der Waals surface area contributed by atoms with E-state index in [1.807, 2.05) is 6.92 Å². The summed E-state index contributed by atoms with van der Waals surface area (Å²) in [7, 11) is 0. The van der Waals surface area contributed by atoms with Crippen molar-refractivity contribution in [1.82, 2.24) is 5.32 Å². The minimum atomic E-state index is 0.139. The molecule has 0 aromatic heterocycles. The summed E-state index contributed by atoms with van der Waals surface area (Å²) in [5.41, 5.74) is 0. The van der Waals surface area contributed by atoms with E-state index in [-0.39, 0.29) is 11.9 Å². The van der Waals surface area contributed by atoms with Gasteiger partial charge < -0.3 is 5.32 Å². The molecule has 0 heterocycles. The second kappa shape index (κ2) is 6.46. The van der Waals surface area contributed by atoms with E-state index >= 15 is 0 Å². The van der Waals surface area contributed by atoms with Crippen molar-refractivity contribution in [3.8, 4) is 0 Å². The number of carbonyl (C=O) groups excluding carboxylic acids is 1. The van der Waals surface area contributed by atoms with Gasteiger partial charge in [-0.05, 0) is 12.3 Å². The van der Waals surface area contributed by atoms with E-state index in [0.717, 1.165) is 11.8 Å². The molecule has 0 radical (unpaired) electrons. The molecule has 0 aliphatic carbocycles. The summed E-state index contributed by atoms with van der Waals surface area (Å²) in [6.45, 7) is 6.19. The number of amides is 1. The topological polar surface area (TPSA) is 29.1 Å². The molecule has 0 saturated carbocycles. The van der Waals surface area contributed by atoms with Gasteiger partial charge in [-0.3, -0.25) is 4.79 Å². The van der Waals surface area contributed by atoms with Crippen LogP contribution in [0.4, 0.5) is 0 Å². The largest absolute Gasteiger partial charge is 0.353 e. The zero-order valence-electron chi connectivity index (χ0n) is 8.06. The fraction of sp³-hybridized carbons (Fsp3) is 0.889. The molecule has 1 N–H and O–H groups in total. The molecule has 1 atom stereocenters. The van der Waals surface area contributed by atoms with Crippen LogP contribution in [0, 0.1) is 5.92 Å². The Hall–Kier alpha value is -0.0500. The van der Waals surface area contributed by atoms with Crippen LogP contribution in [0.2, 0.25) is 0 Å². The van der Waals surface area contributed by atoms with Crippen LogP contribution in [0.3, 0.4) is 0 Å². The lowest BCUT2D eigenvalue weighted by atomic mass is 10.1. The fourth-order valence-electron chi connectivity index (χ4n) is 1.06. The lowest BCUT2D eigenvalue weighted by Crippen LogP contribution is -2.36. The zero-order chi connectivity index (χ0) is 9.56. The van der Waals surface area contributed by atoms with E-state index in [1.165, 1.54) is 0 Å². The van der Waals surface area contributed by atoms with Crippen molar-refractivity contribution in [3.63, 3.8) is 0 Å². The van der Waals surface area contributed by atoms with Gasteiger partial charge in [0.2, 0.25) is 5.91 Å². The first-order chi connectivity index (χ1) is 5.60. The molecule has 1 amide bonds. The van der Waals surface area contributed by atoms with Crippen molar-refractivity contribution in [2.45, 2.75) is 39.7 Å². The summed E-state index contributed by atoms with van der Waals surface area (Å²) < 4.78 is 0. The number of rotatable bonds is 5.